The fourth-order valence-electron chi connectivity index (χ4n) is 3.02. The summed E-state index contributed by atoms with van der Waals surface area (Å²) in [5, 5.41) is 0. The van der Waals surface area contributed by atoms with Crippen LogP contribution in [0, 0.1) is 6.92 Å². The second-order valence-electron chi connectivity index (χ2n) is 6.26. The van der Waals surface area contributed by atoms with E-state index in [2.05, 4.69) is 55.5 Å². The maximum absolute atomic E-state index is 6.10. The van der Waals surface area contributed by atoms with Crippen molar-refractivity contribution in [3.8, 4) is 0 Å². The average Bonchev–Trinajstić information content (AvgIpc) is 2.54. The van der Waals surface area contributed by atoms with E-state index >= 15 is 0 Å². The first-order valence-electron chi connectivity index (χ1n) is 8.54. The Labute approximate surface area is 140 Å². The topological polar surface area (TPSA) is 42.1 Å². The molecule has 2 N–H and O–H groups in total. The normalized spacial score (nSPS) is 17.5. The van der Waals surface area contributed by atoms with Gasteiger partial charge < -0.3 is 10.6 Å². The molecule has 2 rings (SSSR count). The molecule has 0 saturated heterocycles. The second-order valence-corrected chi connectivity index (χ2v) is 6.26. The van der Waals surface area contributed by atoms with Gasteiger partial charge >= 0.3 is 0 Å². The molecule has 23 heavy (non-hydrogen) atoms. The molecule has 0 bridgehead atoms. The summed E-state index contributed by atoms with van der Waals surface area (Å²) in [6, 6.07) is 2.37. The van der Waals surface area contributed by atoms with Crippen LogP contribution in [0.4, 0.5) is 5.69 Å². The molecular formula is C20H29N3. The van der Waals surface area contributed by atoms with Crippen molar-refractivity contribution in [3.63, 3.8) is 0 Å². The summed E-state index contributed by atoms with van der Waals surface area (Å²) in [6.07, 6.45) is 11.4. The number of pyridine rings is 1. The van der Waals surface area contributed by atoms with Crippen LogP contribution < -0.4 is 10.6 Å². The Morgan fingerprint density at radius 3 is 2.87 bits per heavy atom. The van der Waals surface area contributed by atoms with Gasteiger partial charge in [0.2, 0.25) is 0 Å². The molecule has 0 amide bonds. The third-order valence-corrected chi connectivity index (χ3v) is 4.31. The summed E-state index contributed by atoms with van der Waals surface area (Å²) in [5.74, 6) is 0. The molecule has 3 nitrogen and oxygen atoms in total. The molecule has 0 aromatic carbocycles. The molecule has 1 aliphatic carbocycles. The number of hydrogen-bond acceptors (Lipinski definition) is 3. The second kappa shape index (κ2) is 8.11. The Hall–Kier alpha value is -1.87. The molecule has 1 heterocycles. The molecular weight excluding hydrogens is 282 g/mol. The summed E-state index contributed by atoms with van der Waals surface area (Å²) in [6.45, 7) is 12.3. The zero-order valence-electron chi connectivity index (χ0n) is 14.7. The molecule has 1 aliphatic rings. The first kappa shape index (κ1) is 17.5. The predicted octanol–water partition coefficient (Wildman–Crippen LogP) is 4.24. The average molecular weight is 311 g/mol. The highest BCUT2D eigenvalue weighted by Gasteiger charge is 2.15. The lowest BCUT2D eigenvalue weighted by molar-refractivity contribution is 0.759. The molecule has 0 aliphatic heterocycles. The Bertz CT molecular complexity index is 613. The van der Waals surface area contributed by atoms with Crippen molar-refractivity contribution < 1.29 is 0 Å². The maximum atomic E-state index is 6.10. The van der Waals surface area contributed by atoms with Gasteiger partial charge in [-0.05, 0) is 50.3 Å². The number of aryl methyl sites for hydroxylation is 1. The Morgan fingerprint density at radius 2 is 2.17 bits per heavy atom. The lowest BCUT2D eigenvalue weighted by Crippen LogP contribution is -2.26. The number of nitrogens with two attached hydrogens (primary N) is 1. The van der Waals surface area contributed by atoms with Gasteiger partial charge in [-0.2, -0.15) is 0 Å². The van der Waals surface area contributed by atoms with Crippen LogP contribution in [0.25, 0.3) is 5.57 Å². The molecule has 1 aromatic heterocycles. The fraction of sp³-hybridized carbons (Fsp3) is 0.450. The Balaban J connectivity index is 2.37. The summed E-state index contributed by atoms with van der Waals surface area (Å²) in [7, 11) is 0. The maximum Gasteiger partial charge on any atom is 0.0606 e. The van der Waals surface area contributed by atoms with Crippen LogP contribution in [0.5, 0.6) is 0 Å². The number of hydrogen-bond donors (Lipinski definition) is 1. The van der Waals surface area contributed by atoms with Gasteiger partial charge in [0, 0.05) is 30.9 Å². The third-order valence-electron chi connectivity index (χ3n) is 4.31. The van der Waals surface area contributed by atoms with Crippen molar-refractivity contribution in [1.82, 2.24) is 4.98 Å². The van der Waals surface area contributed by atoms with Gasteiger partial charge in [-0.1, -0.05) is 25.2 Å². The van der Waals surface area contributed by atoms with Crippen molar-refractivity contribution in [1.29, 1.82) is 0 Å². The van der Waals surface area contributed by atoms with E-state index in [1.54, 1.807) is 0 Å². The van der Waals surface area contributed by atoms with Gasteiger partial charge in [0.1, 0.15) is 0 Å². The smallest absolute Gasteiger partial charge is 0.0606 e. The van der Waals surface area contributed by atoms with Crippen LogP contribution >= 0.6 is 0 Å². The monoisotopic (exact) mass is 311 g/mol. The van der Waals surface area contributed by atoms with Gasteiger partial charge in [-0.25, -0.2) is 0 Å². The van der Waals surface area contributed by atoms with Crippen LogP contribution in [0.3, 0.4) is 0 Å². The minimum Gasteiger partial charge on any atom is -0.370 e. The van der Waals surface area contributed by atoms with Gasteiger partial charge in [0.15, 0.2) is 0 Å². The van der Waals surface area contributed by atoms with E-state index in [4.69, 9.17) is 5.73 Å². The van der Waals surface area contributed by atoms with E-state index in [0.29, 0.717) is 0 Å². The minimum absolute atomic E-state index is 0.103. The Kier molecular flexibility index (Phi) is 6.17. The van der Waals surface area contributed by atoms with Crippen LogP contribution in [-0.4, -0.2) is 24.1 Å². The summed E-state index contributed by atoms with van der Waals surface area (Å²) in [5.41, 5.74) is 12.1. The van der Waals surface area contributed by atoms with Gasteiger partial charge in [0.05, 0.1) is 11.4 Å². The molecule has 0 fully saturated rings. The fourth-order valence-corrected chi connectivity index (χ4v) is 3.02. The zero-order chi connectivity index (χ0) is 16.8. The van der Waals surface area contributed by atoms with Crippen LogP contribution in [0.2, 0.25) is 0 Å². The largest absolute Gasteiger partial charge is 0.370 e. The standard InChI is InChI=1S/C20H29N3/c1-5-7-11-23(10-6-2)20-12-17(14-22-16(20)4)19-13-18(21)9-8-15(19)3/h5,8,12-14,18H,1,6-7,9-11,21H2,2-4H3. The number of aromatic nitrogens is 1. The summed E-state index contributed by atoms with van der Waals surface area (Å²) in [4.78, 5) is 7.06. The van der Waals surface area contributed by atoms with E-state index in [9.17, 15) is 0 Å². The van der Waals surface area contributed by atoms with Gasteiger partial charge in [0.25, 0.3) is 0 Å². The minimum atomic E-state index is 0.103. The first-order chi connectivity index (χ1) is 11.1. The highest BCUT2D eigenvalue weighted by molar-refractivity contribution is 5.81. The zero-order valence-corrected chi connectivity index (χ0v) is 14.7. The number of nitrogens with zero attached hydrogens (tertiary/aromatic N) is 2. The van der Waals surface area contributed by atoms with Crippen LogP contribution in [0.15, 0.2) is 42.6 Å². The lowest BCUT2D eigenvalue weighted by atomic mass is 9.91. The quantitative estimate of drug-likeness (QED) is 0.766. The van der Waals surface area contributed by atoms with E-state index in [1.165, 1.54) is 16.8 Å². The van der Waals surface area contributed by atoms with Gasteiger partial charge in [-0.3, -0.25) is 4.98 Å². The van der Waals surface area contributed by atoms with Crippen molar-refractivity contribution in [2.45, 2.75) is 46.1 Å². The van der Waals surface area contributed by atoms with Crippen molar-refractivity contribution in [2.24, 2.45) is 5.73 Å². The van der Waals surface area contributed by atoms with E-state index in [0.717, 1.165) is 43.6 Å². The number of rotatable bonds is 7. The van der Waals surface area contributed by atoms with Crippen molar-refractivity contribution in [3.05, 3.63) is 53.9 Å². The van der Waals surface area contributed by atoms with E-state index < -0.39 is 0 Å². The molecule has 1 atom stereocenters. The van der Waals surface area contributed by atoms with Crippen molar-refractivity contribution >= 4 is 11.3 Å². The predicted molar refractivity (Wildman–Crippen MR) is 101 cm³/mol. The molecule has 0 saturated carbocycles. The van der Waals surface area contributed by atoms with Crippen molar-refractivity contribution in [2.75, 3.05) is 18.0 Å². The number of anilines is 1. The highest BCUT2D eigenvalue weighted by atomic mass is 15.1. The van der Waals surface area contributed by atoms with E-state index in [1.807, 2.05) is 12.3 Å². The summed E-state index contributed by atoms with van der Waals surface area (Å²) >= 11 is 0. The van der Waals surface area contributed by atoms with E-state index in [-0.39, 0.29) is 6.04 Å². The summed E-state index contributed by atoms with van der Waals surface area (Å²) < 4.78 is 0. The van der Waals surface area contributed by atoms with Crippen LogP contribution in [-0.2, 0) is 0 Å². The molecule has 1 unspecified atom stereocenters. The first-order valence-corrected chi connectivity index (χ1v) is 8.54. The van der Waals surface area contributed by atoms with Crippen LogP contribution in [0.1, 0.15) is 44.4 Å². The molecule has 124 valence electrons. The third kappa shape index (κ3) is 4.32. The lowest BCUT2D eigenvalue weighted by Gasteiger charge is -2.26. The SMILES string of the molecule is C=CCCN(CCC)c1cc(C2=CC(N)CC=C2C)cnc1C. The Morgan fingerprint density at radius 1 is 1.39 bits per heavy atom. The highest BCUT2D eigenvalue weighted by Crippen LogP contribution is 2.30. The molecule has 0 spiro atoms. The molecule has 1 aromatic rings. The van der Waals surface area contributed by atoms with Gasteiger partial charge in [-0.15, -0.1) is 6.58 Å². The number of allylic oxidation sites excluding steroid dienone is 2. The molecule has 3 heteroatoms. The molecule has 0 radical (unpaired) electrons.